The number of hydrogen-bond acceptors (Lipinski definition) is 11. The van der Waals surface area contributed by atoms with Gasteiger partial charge < -0.3 is 23.9 Å². The largest absolute Gasteiger partial charge is 0.456 e. The minimum atomic E-state index is -4.59. The molecule has 0 saturated heterocycles. The Morgan fingerprint density at radius 1 is 0.877 bits per heavy atom. The maximum atomic E-state index is 12.3. The van der Waals surface area contributed by atoms with Crippen LogP contribution in [0, 0.1) is 0 Å². The van der Waals surface area contributed by atoms with Gasteiger partial charge in [-0.25, -0.2) is 4.58 Å². The van der Waals surface area contributed by atoms with E-state index in [0.29, 0.717) is 48.1 Å². The summed E-state index contributed by atoms with van der Waals surface area (Å²) in [6, 6.07) is 12.1. The Kier molecular flexibility index (Phi) is 15.5. The minimum Gasteiger partial charge on any atom is -0.456 e. The molecule has 1 unspecified atom stereocenters. The van der Waals surface area contributed by atoms with Crippen LogP contribution in [0.4, 0.5) is 5.69 Å². The van der Waals surface area contributed by atoms with E-state index in [-0.39, 0.29) is 68.4 Å². The fourth-order valence-corrected chi connectivity index (χ4v) is 8.59. The molecule has 0 saturated carbocycles. The topological polar surface area (TPSA) is 221 Å². The number of nitrogens with zero attached hydrogens (tertiary/aromatic N) is 2. The third-order valence-electron chi connectivity index (χ3n) is 9.82. The van der Waals surface area contributed by atoms with Gasteiger partial charge in [0.05, 0.1) is 55.5 Å². The van der Waals surface area contributed by atoms with Gasteiger partial charge in [-0.2, -0.15) is 25.3 Å². The van der Waals surface area contributed by atoms with Crippen molar-refractivity contribution in [2.45, 2.75) is 69.6 Å². The van der Waals surface area contributed by atoms with Gasteiger partial charge in [-0.05, 0) is 85.7 Å². The van der Waals surface area contributed by atoms with Crippen LogP contribution < -0.4 is 14.8 Å². The second-order valence-corrected chi connectivity index (χ2v) is 19.7. The van der Waals surface area contributed by atoms with Crippen molar-refractivity contribution >= 4 is 42.1 Å². The highest BCUT2D eigenvalue weighted by atomic mass is 32.2. The number of hydrogen-bond donors (Lipinski definition) is 4. The molecule has 1 aromatic carbocycles. The Bertz CT molecular complexity index is 2310. The molecule has 0 radical (unpaired) electrons. The molecule has 0 fully saturated rings. The molecule has 15 nitrogen and oxygen atoms in total. The number of ether oxygens (including phenoxy) is 2. The third kappa shape index (κ3) is 12.8. The molecule has 18 heteroatoms. The first-order valence-electron chi connectivity index (χ1n) is 18.7. The van der Waals surface area contributed by atoms with Gasteiger partial charge in [0.1, 0.15) is 24.6 Å². The molecule has 1 atom stereocenters. The summed E-state index contributed by atoms with van der Waals surface area (Å²) in [5.41, 5.74) is 2.48. The van der Waals surface area contributed by atoms with Gasteiger partial charge in [0.2, 0.25) is 5.36 Å². The molecule has 2 heterocycles. The molecule has 316 valence electrons. The lowest BCUT2D eigenvalue weighted by atomic mass is 9.77. The smallest absolute Gasteiger partial charge is 0.294 e. The summed E-state index contributed by atoms with van der Waals surface area (Å²) in [4.78, 5) is 1.63. The lowest BCUT2D eigenvalue weighted by molar-refractivity contribution is 0.0353. The average molecular weight is 856 g/mol. The van der Waals surface area contributed by atoms with Gasteiger partial charge in [0.15, 0.2) is 0 Å². The van der Waals surface area contributed by atoms with Gasteiger partial charge in [0, 0.05) is 41.4 Å². The van der Waals surface area contributed by atoms with Crippen molar-refractivity contribution in [3.05, 3.63) is 82.6 Å². The van der Waals surface area contributed by atoms with E-state index in [0.717, 1.165) is 16.5 Å². The molecule has 4 rings (SSSR count). The van der Waals surface area contributed by atoms with Crippen LogP contribution in [-0.2, 0) is 50.7 Å². The van der Waals surface area contributed by atoms with Gasteiger partial charge >= 0.3 is 0 Å². The lowest BCUT2D eigenvalue weighted by Gasteiger charge is -2.30. The predicted molar refractivity (Wildman–Crippen MR) is 218 cm³/mol. The first-order chi connectivity index (χ1) is 26.6. The second kappa shape index (κ2) is 19.1. The minimum absolute atomic E-state index is 0.0420. The summed E-state index contributed by atoms with van der Waals surface area (Å²) < 4.78 is 119. The highest BCUT2D eigenvalue weighted by Crippen LogP contribution is 2.51. The van der Waals surface area contributed by atoms with Crippen molar-refractivity contribution in [1.29, 1.82) is 0 Å². The fourth-order valence-electron chi connectivity index (χ4n) is 7.08. The zero-order chi connectivity index (χ0) is 42.2. The average Bonchev–Trinajstić information content (AvgIpc) is 3.33. The first-order valence-corrected chi connectivity index (χ1v) is 23.3. The SMILES string of the molecule is CC[N+](CCCS(=O)(=O)O)=c1ccc2c(C(C)(C)C)cc(C=CC=C3N(CCOCCOCCO)c4ccc(S(=O)(=O)O)cc4C3(C)CCCS(=O)(=O)O)oc-2c1. The number of aliphatic hydroxyl groups excluding tert-OH is 1. The van der Waals surface area contributed by atoms with Crippen molar-refractivity contribution in [2.24, 2.45) is 0 Å². The fraction of sp³-hybridized carbons (Fsp3) is 0.513. The van der Waals surface area contributed by atoms with E-state index < -0.39 is 41.5 Å². The molecular formula is C39H55N2O13S3+. The van der Waals surface area contributed by atoms with Crippen LogP contribution >= 0.6 is 0 Å². The highest BCUT2D eigenvalue weighted by Gasteiger charge is 2.43. The summed E-state index contributed by atoms with van der Waals surface area (Å²) in [7, 11) is -13.0. The van der Waals surface area contributed by atoms with Crippen LogP contribution in [0.25, 0.3) is 17.4 Å². The number of allylic oxidation sites excluding steroid dienone is 3. The van der Waals surface area contributed by atoms with Crippen LogP contribution in [0.3, 0.4) is 0 Å². The predicted octanol–water partition coefficient (Wildman–Crippen LogP) is 4.37. The lowest BCUT2D eigenvalue weighted by Crippen LogP contribution is -2.31. The Hall–Kier alpha value is -3.46. The molecular weight excluding hydrogens is 801 g/mol. The molecule has 4 N–H and O–H groups in total. The molecule has 0 amide bonds. The Balaban J connectivity index is 1.82. The van der Waals surface area contributed by atoms with Crippen LogP contribution in [0.5, 0.6) is 0 Å². The molecule has 0 spiro atoms. The Labute approximate surface area is 335 Å². The molecule has 2 aliphatic heterocycles. The van der Waals surface area contributed by atoms with E-state index in [1.54, 1.807) is 18.2 Å². The maximum absolute atomic E-state index is 12.3. The van der Waals surface area contributed by atoms with Gasteiger partial charge in [-0.1, -0.05) is 26.8 Å². The van der Waals surface area contributed by atoms with Gasteiger partial charge in [-0.3, -0.25) is 13.7 Å². The van der Waals surface area contributed by atoms with E-state index in [1.807, 2.05) is 53.7 Å². The molecule has 57 heavy (non-hydrogen) atoms. The Morgan fingerprint density at radius 3 is 2.16 bits per heavy atom. The number of benzene rings is 2. The van der Waals surface area contributed by atoms with Crippen LogP contribution in [-0.4, -0.2) is 108 Å². The summed E-state index contributed by atoms with van der Waals surface area (Å²) in [6.45, 7) is 12.2. The zero-order valence-corrected chi connectivity index (χ0v) is 35.5. The molecule has 0 bridgehead atoms. The van der Waals surface area contributed by atoms with Crippen molar-refractivity contribution in [2.75, 3.05) is 69.1 Å². The quantitative estimate of drug-likeness (QED) is 0.0705. The molecule has 3 aliphatic rings. The number of anilines is 1. The summed E-state index contributed by atoms with van der Waals surface area (Å²) in [5, 5.41) is 9.79. The van der Waals surface area contributed by atoms with Crippen LogP contribution in [0.15, 0.2) is 69.6 Å². The molecule has 1 aromatic rings. The monoisotopic (exact) mass is 855 g/mol. The van der Waals surface area contributed by atoms with Crippen LogP contribution in [0.2, 0.25) is 0 Å². The maximum Gasteiger partial charge on any atom is 0.294 e. The van der Waals surface area contributed by atoms with E-state index in [9.17, 15) is 38.9 Å². The van der Waals surface area contributed by atoms with Crippen molar-refractivity contribution in [1.82, 2.24) is 4.58 Å². The number of aliphatic hydroxyl groups is 1. The van der Waals surface area contributed by atoms with Gasteiger partial charge in [-0.15, -0.1) is 0 Å². The van der Waals surface area contributed by atoms with Crippen LogP contribution in [0.1, 0.15) is 70.8 Å². The van der Waals surface area contributed by atoms with Gasteiger partial charge in [0.25, 0.3) is 30.4 Å². The normalized spacial score (nSPS) is 17.9. The first kappa shape index (κ1) is 46.2. The van der Waals surface area contributed by atoms with E-state index in [2.05, 4.69) is 20.8 Å². The molecule has 1 aliphatic carbocycles. The second-order valence-electron chi connectivity index (χ2n) is 15.1. The summed E-state index contributed by atoms with van der Waals surface area (Å²) >= 11 is 0. The highest BCUT2D eigenvalue weighted by molar-refractivity contribution is 7.86. The zero-order valence-electron chi connectivity index (χ0n) is 33.0. The summed E-state index contributed by atoms with van der Waals surface area (Å²) in [6.07, 6.45) is 5.89. The molecule has 0 aromatic heterocycles. The Morgan fingerprint density at radius 2 is 1.54 bits per heavy atom. The van der Waals surface area contributed by atoms with Crippen molar-refractivity contribution < 1.29 is 57.9 Å². The van der Waals surface area contributed by atoms with E-state index in [4.69, 9.17) is 19.0 Å². The van der Waals surface area contributed by atoms with E-state index in [1.165, 1.54) is 12.1 Å². The number of fused-ring (bicyclic) bond motifs is 2. The summed E-state index contributed by atoms with van der Waals surface area (Å²) in [5.74, 6) is 0.255. The van der Waals surface area contributed by atoms with Crippen molar-refractivity contribution in [3.8, 4) is 11.3 Å². The van der Waals surface area contributed by atoms with Crippen molar-refractivity contribution in [3.63, 3.8) is 0 Å². The number of rotatable bonds is 20. The van der Waals surface area contributed by atoms with E-state index >= 15 is 0 Å². The third-order valence-corrected chi connectivity index (χ3v) is 12.3. The standard InChI is InChI=1S/C39H54N2O13S3/c1-6-40(17-9-25-56(46,47)48)29-12-14-32-33(38(2,3)4)27-30(54-36(32)26-29)10-7-11-37-39(5,16-8-24-55(43,44)45)34-28-31(57(49,50)51)13-15-35(34)41(37)18-20-52-22-23-53-21-19-42/h7,10-15,26-28,42H,6,8-9,16-25H2,1-5H3,(H2-,43,44,45,46,47,48,49,50,51)/p+1.